The van der Waals surface area contributed by atoms with Gasteiger partial charge in [-0.15, -0.1) is 0 Å². The molecule has 23 heavy (non-hydrogen) atoms. The summed E-state index contributed by atoms with van der Waals surface area (Å²) >= 11 is 0. The van der Waals surface area contributed by atoms with E-state index in [0.717, 1.165) is 23.0 Å². The molecule has 0 unspecified atom stereocenters. The Hall–Kier alpha value is -2.74. The van der Waals surface area contributed by atoms with Gasteiger partial charge in [0.2, 0.25) is 0 Å². The molecular formula is C21H17FO. The Labute approximate surface area is 135 Å². The third-order valence-electron chi connectivity index (χ3n) is 3.97. The Morgan fingerprint density at radius 1 is 0.739 bits per heavy atom. The summed E-state index contributed by atoms with van der Waals surface area (Å²) in [4.78, 5) is 11.6. The van der Waals surface area contributed by atoms with Gasteiger partial charge < -0.3 is 0 Å². The van der Waals surface area contributed by atoms with Crippen molar-refractivity contribution in [2.45, 2.75) is 12.8 Å². The van der Waals surface area contributed by atoms with Crippen LogP contribution in [0.5, 0.6) is 0 Å². The van der Waals surface area contributed by atoms with E-state index in [0.29, 0.717) is 24.0 Å². The minimum atomic E-state index is -0.326. The van der Waals surface area contributed by atoms with E-state index in [4.69, 9.17) is 0 Å². The fourth-order valence-electron chi connectivity index (χ4n) is 2.78. The first-order valence-corrected chi connectivity index (χ1v) is 7.61. The zero-order valence-electron chi connectivity index (χ0n) is 12.7. The van der Waals surface area contributed by atoms with E-state index in [2.05, 4.69) is 0 Å². The Morgan fingerprint density at radius 3 is 1.87 bits per heavy atom. The topological polar surface area (TPSA) is 17.1 Å². The Bertz CT molecular complexity index is 795. The van der Waals surface area contributed by atoms with Gasteiger partial charge in [-0.25, -0.2) is 4.39 Å². The standard InChI is InChI=1S/C21H17FO/c22-21-12-11-18(13-16-7-3-1-4-8-16)20(15-23)19(21)14-17-9-5-2-6-10-17/h1-12,15H,13-14H2. The molecule has 114 valence electrons. The molecule has 3 aromatic carbocycles. The molecule has 0 aliphatic heterocycles. The van der Waals surface area contributed by atoms with Crippen molar-refractivity contribution in [3.05, 3.63) is 106 Å². The number of rotatable bonds is 5. The second kappa shape index (κ2) is 7.01. The molecule has 0 bridgehead atoms. The lowest BCUT2D eigenvalue weighted by Crippen LogP contribution is -2.04. The van der Waals surface area contributed by atoms with Crippen LogP contribution in [-0.2, 0) is 12.8 Å². The van der Waals surface area contributed by atoms with Gasteiger partial charge in [0.15, 0.2) is 6.29 Å². The number of carbonyl (C=O) groups is 1. The van der Waals surface area contributed by atoms with Crippen LogP contribution >= 0.6 is 0 Å². The zero-order chi connectivity index (χ0) is 16.1. The summed E-state index contributed by atoms with van der Waals surface area (Å²) in [7, 11) is 0. The molecule has 0 spiro atoms. The van der Waals surface area contributed by atoms with Gasteiger partial charge in [0.25, 0.3) is 0 Å². The second-order valence-corrected chi connectivity index (χ2v) is 5.54. The first-order chi connectivity index (χ1) is 11.3. The van der Waals surface area contributed by atoms with Gasteiger partial charge in [-0.3, -0.25) is 4.79 Å². The summed E-state index contributed by atoms with van der Waals surface area (Å²) in [6, 6.07) is 22.7. The van der Waals surface area contributed by atoms with Crippen molar-refractivity contribution in [1.29, 1.82) is 0 Å². The van der Waals surface area contributed by atoms with E-state index in [1.165, 1.54) is 6.07 Å². The fraction of sp³-hybridized carbons (Fsp3) is 0.0952. The normalized spacial score (nSPS) is 10.5. The van der Waals surface area contributed by atoms with E-state index >= 15 is 0 Å². The second-order valence-electron chi connectivity index (χ2n) is 5.54. The minimum absolute atomic E-state index is 0.326. The molecule has 3 aromatic rings. The third-order valence-corrected chi connectivity index (χ3v) is 3.97. The first kappa shape index (κ1) is 15.2. The van der Waals surface area contributed by atoms with Crippen molar-refractivity contribution in [2.75, 3.05) is 0 Å². The lowest BCUT2D eigenvalue weighted by Gasteiger charge is -2.12. The number of hydrogen-bond acceptors (Lipinski definition) is 1. The van der Waals surface area contributed by atoms with Crippen LogP contribution in [0, 0.1) is 5.82 Å². The van der Waals surface area contributed by atoms with Crippen molar-refractivity contribution in [3.8, 4) is 0 Å². The largest absolute Gasteiger partial charge is 0.298 e. The lowest BCUT2D eigenvalue weighted by molar-refractivity contribution is 0.112. The highest BCUT2D eigenvalue weighted by molar-refractivity contribution is 5.80. The maximum atomic E-state index is 14.3. The SMILES string of the molecule is O=Cc1c(Cc2ccccc2)ccc(F)c1Cc1ccccc1. The molecule has 0 saturated heterocycles. The lowest BCUT2D eigenvalue weighted by atomic mass is 9.92. The quantitative estimate of drug-likeness (QED) is 0.618. The highest BCUT2D eigenvalue weighted by atomic mass is 19.1. The van der Waals surface area contributed by atoms with Crippen LogP contribution in [0.2, 0.25) is 0 Å². The first-order valence-electron chi connectivity index (χ1n) is 7.61. The molecule has 0 aliphatic carbocycles. The summed E-state index contributed by atoms with van der Waals surface area (Å²) in [5.41, 5.74) is 3.90. The average molecular weight is 304 g/mol. The highest BCUT2D eigenvalue weighted by Crippen LogP contribution is 2.22. The molecule has 0 aromatic heterocycles. The molecule has 0 N–H and O–H groups in total. The minimum Gasteiger partial charge on any atom is -0.298 e. The van der Waals surface area contributed by atoms with Crippen LogP contribution in [0.1, 0.15) is 32.6 Å². The molecule has 0 radical (unpaired) electrons. The molecule has 2 heteroatoms. The Morgan fingerprint density at radius 2 is 1.30 bits per heavy atom. The predicted molar refractivity (Wildman–Crippen MR) is 90.3 cm³/mol. The van der Waals surface area contributed by atoms with E-state index in [-0.39, 0.29) is 5.82 Å². The monoisotopic (exact) mass is 304 g/mol. The van der Waals surface area contributed by atoms with Crippen LogP contribution in [0.25, 0.3) is 0 Å². The van der Waals surface area contributed by atoms with Gasteiger partial charge in [0.1, 0.15) is 5.82 Å². The highest BCUT2D eigenvalue weighted by Gasteiger charge is 2.14. The smallest absolute Gasteiger partial charge is 0.150 e. The van der Waals surface area contributed by atoms with Gasteiger partial charge in [-0.05, 0) is 29.2 Å². The Balaban J connectivity index is 1.98. The van der Waals surface area contributed by atoms with Gasteiger partial charge in [-0.1, -0.05) is 66.7 Å². The molecule has 0 atom stereocenters. The summed E-state index contributed by atoms with van der Waals surface area (Å²) in [6.45, 7) is 0. The molecular weight excluding hydrogens is 287 g/mol. The molecule has 0 fully saturated rings. The number of aldehydes is 1. The molecule has 0 heterocycles. The van der Waals surface area contributed by atoms with Gasteiger partial charge >= 0.3 is 0 Å². The third kappa shape index (κ3) is 3.54. The van der Waals surface area contributed by atoms with Gasteiger partial charge in [-0.2, -0.15) is 0 Å². The van der Waals surface area contributed by atoms with Crippen molar-refractivity contribution in [1.82, 2.24) is 0 Å². The van der Waals surface area contributed by atoms with E-state index in [1.807, 2.05) is 60.7 Å². The van der Waals surface area contributed by atoms with E-state index < -0.39 is 0 Å². The summed E-state index contributed by atoms with van der Waals surface area (Å²) in [6.07, 6.45) is 1.82. The maximum absolute atomic E-state index is 14.3. The Kier molecular flexibility index (Phi) is 4.62. The van der Waals surface area contributed by atoms with E-state index in [1.54, 1.807) is 6.07 Å². The summed E-state index contributed by atoms with van der Waals surface area (Å²) in [5, 5.41) is 0. The zero-order valence-corrected chi connectivity index (χ0v) is 12.7. The number of benzene rings is 3. The number of carbonyl (C=O) groups excluding carboxylic acids is 1. The van der Waals surface area contributed by atoms with Crippen molar-refractivity contribution in [3.63, 3.8) is 0 Å². The van der Waals surface area contributed by atoms with Gasteiger partial charge in [0.05, 0.1) is 0 Å². The number of halogens is 1. The maximum Gasteiger partial charge on any atom is 0.150 e. The van der Waals surface area contributed by atoms with E-state index in [9.17, 15) is 9.18 Å². The van der Waals surface area contributed by atoms with Crippen molar-refractivity contribution in [2.24, 2.45) is 0 Å². The van der Waals surface area contributed by atoms with Crippen LogP contribution in [0.15, 0.2) is 72.8 Å². The fourth-order valence-corrected chi connectivity index (χ4v) is 2.78. The summed E-state index contributed by atoms with van der Waals surface area (Å²) in [5.74, 6) is -0.326. The van der Waals surface area contributed by atoms with Crippen molar-refractivity contribution < 1.29 is 9.18 Å². The molecule has 0 saturated carbocycles. The predicted octanol–water partition coefficient (Wildman–Crippen LogP) is 4.82. The molecule has 3 rings (SSSR count). The molecule has 0 aliphatic rings. The molecule has 1 nitrogen and oxygen atoms in total. The van der Waals surface area contributed by atoms with Crippen LogP contribution in [0.3, 0.4) is 0 Å². The van der Waals surface area contributed by atoms with Crippen molar-refractivity contribution >= 4 is 6.29 Å². The number of hydrogen-bond donors (Lipinski definition) is 0. The summed E-state index contributed by atoms with van der Waals surface area (Å²) < 4.78 is 14.3. The van der Waals surface area contributed by atoms with Crippen LogP contribution < -0.4 is 0 Å². The van der Waals surface area contributed by atoms with Crippen LogP contribution in [0.4, 0.5) is 4.39 Å². The average Bonchev–Trinajstić information content (AvgIpc) is 2.60. The molecule has 0 amide bonds. The van der Waals surface area contributed by atoms with Gasteiger partial charge in [0, 0.05) is 17.5 Å². The van der Waals surface area contributed by atoms with Crippen LogP contribution in [-0.4, -0.2) is 6.29 Å².